The third-order valence-electron chi connectivity index (χ3n) is 13.3. The lowest BCUT2D eigenvalue weighted by molar-refractivity contribution is -0.161. The molecule has 74 heavy (non-hydrogen) atoms. The Kier molecular flexibility index (Phi) is 60.4. The summed E-state index contributed by atoms with van der Waals surface area (Å²) in [5.74, 6) is -0.604. The van der Waals surface area contributed by atoms with Gasteiger partial charge in [-0.2, -0.15) is 0 Å². The molecule has 0 spiro atoms. The van der Waals surface area contributed by atoms with E-state index in [1.54, 1.807) is 0 Å². The van der Waals surface area contributed by atoms with Crippen LogP contribution in [-0.4, -0.2) is 36.4 Å². The highest BCUT2D eigenvalue weighted by Crippen LogP contribution is 2.17. The monoisotopic (exact) mass is 1020 g/mol. The molecule has 0 aliphatic carbocycles. The molecular formula is C69H116O5. The largest absolute Gasteiger partial charge is 0.462 e. The van der Waals surface area contributed by atoms with Crippen molar-refractivity contribution in [3.8, 4) is 0 Å². The Labute approximate surface area is 458 Å². The molecule has 1 atom stereocenters. The van der Waals surface area contributed by atoms with Gasteiger partial charge in [-0.25, -0.2) is 0 Å². The van der Waals surface area contributed by atoms with Gasteiger partial charge in [0, 0.05) is 12.8 Å². The van der Waals surface area contributed by atoms with Crippen LogP contribution < -0.4 is 0 Å². The zero-order valence-electron chi connectivity index (χ0n) is 48.3. The minimum Gasteiger partial charge on any atom is -0.462 e. The maximum atomic E-state index is 12.3. The second kappa shape index (κ2) is 63.6. The standard InChI is InChI=1S/C69H116O5/c1-3-5-7-9-11-13-15-17-19-21-23-25-27-28-29-30-31-32-33-34-35-36-37-38-39-40-42-44-46-48-50-52-54-56-58-60-62-64-69(72)74-67(65-70)66-73-68(71)63-61-59-57-55-53-51-49-47-45-43-41-26-24-22-20-18-16-14-12-10-8-6-4-2/h5,7,11,13,17,19,23,25,28-29,31-32,34-35,37-38,40,42,46,48,67,70H,3-4,6,8-10,12,14-16,18,20-22,24,26-27,30,33,36,39,41,43-45,47,49-66H2,1-2H3/b7-5-,13-11-,19-17-,25-23-,29-28-,32-31-,35-34-,38-37-,42-40-,48-46-. The molecule has 422 valence electrons. The van der Waals surface area contributed by atoms with E-state index in [0.29, 0.717) is 12.8 Å². The first-order valence-corrected chi connectivity index (χ1v) is 31.1. The summed E-state index contributed by atoms with van der Waals surface area (Å²) in [6.45, 7) is 4.04. The number of carbonyl (C=O) groups excluding carboxylic acids is 2. The van der Waals surface area contributed by atoms with Crippen LogP contribution in [0, 0.1) is 0 Å². The molecule has 1 N–H and O–H groups in total. The number of hydrogen-bond acceptors (Lipinski definition) is 5. The Morgan fingerprint density at radius 2 is 0.581 bits per heavy atom. The maximum Gasteiger partial charge on any atom is 0.306 e. The summed E-state index contributed by atoms with van der Waals surface area (Å²) >= 11 is 0. The summed E-state index contributed by atoms with van der Waals surface area (Å²) in [7, 11) is 0. The summed E-state index contributed by atoms with van der Waals surface area (Å²) in [6.07, 6.45) is 93.3. The Bertz CT molecular complexity index is 1490. The molecule has 0 saturated carbocycles. The molecule has 0 rings (SSSR count). The Morgan fingerprint density at radius 3 is 0.878 bits per heavy atom. The number of rotatable bonds is 56. The fourth-order valence-corrected chi connectivity index (χ4v) is 8.64. The number of unbranched alkanes of at least 4 members (excludes halogenated alkanes) is 28. The van der Waals surface area contributed by atoms with Crippen LogP contribution in [0.25, 0.3) is 0 Å². The summed E-state index contributed by atoms with van der Waals surface area (Å²) in [5, 5.41) is 9.67. The van der Waals surface area contributed by atoms with Crippen molar-refractivity contribution in [3.05, 3.63) is 122 Å². The van der Waals surface area contributed by atoms with Gasteiger partial charge in [0.1, 0.15) is 6.61 Å². The Balaban J connectivity index is 3.58. The van der Waals surface area contributed by atoms with Crippen LogP contribution in [0.2, 0.25) is 0 Å². The fraction of sp³-hybridized carbons (Fsp3) is 0.681. The average Bonchev–Trinajstić information content (AvgIpc) is 3.40. The summed E-state index contributed by atoms with van der Waals surface area (Å²) in [5.41, 5.74) is 0. The second-order valence-electron chi connectivity index (χ2n) is 20.4. The Hall–Kier alpha value is -3.70. The average molecular weight is 1030 g/mol. The summed E-state index contributed by atoms with van der Waals surface area (Å²) in [6, 6.07) is 0. The minimum atomic E-state index is -0.787. The lowest BCUT2D eigenvalue weighted by Crippen LogP contribution is -2.28. The van der Waals surface area contributed by atoms with Crippen LogP contribution in [0.5, 0.6) is 0 Å². The van der Waals surface area contributed by atoms with Gasteiger partial charge < -0.3 is 14.6 Å². The third kappa shape index (κ3) is 60.9. The maximum absolute atomic E-state index is 12.3. The number of allylic oxidation sites excluding steroid dienone is 20. The van der Waals surface area contributed by atoms with Gasteiger partial charge in [0.05, 0.1) is 6.61 Å². The SMILES string of the molecule is CC/C=C\C/C=C\C/C=C\C/C=C\C/C=C\C/C=C\C/C=C\C/C=C\C/C=C\C/C=C\CCCCCCCCC(=O)OC(CO)COC(=O)CCCCCCCCCCCCCCCCCCCCCCCCC. The molecule has 0 aromatic heterocycles. The van der Waals surface area contributed by atoms with Gasteiger partial charge in [-0.3, -0.25) is 9.59 Å². The van der Waals surface area contributed by atoms with Crippen molar-refractivity contribution in [1.29, 1.82) is 0 Å². The first kappa shape index (κ1) is 70.3. The molecule has 5 heteroatoms. The Morgan fingerprint density at radius 1 is 0.324 bits per heavy atom. The van der Waals surface area contributed by atoms with Crippen molar-refractivity contribution >= 4 is 11.9 Å². The first-order valence-electron chi connectivity index (χ1n) is 31.1. The van der Waals surface area contributed by atoms with Gasteiger partial charge in [0.25, 0.3) is 0 Å². The van der Waals surface area contributed by atoms with Gasteiger partial charge in [-0.05, 0) is 89.9 Å². The van der Waals surface area contributed by atoms with E-state index < -0.39 is 6.10 Å². The molecule has 0 radical (unpaired) electrons. The van der Waals surface area contributed by atoms with Crippen LogP contribution in [0.4, 0.5) is 0 Å². The van der Waals surface area contributed by atoms with Gasteiger partial charge in [0.15, 0.2) is 6.10 Å². The number of aliphatic hydroxyl groups excluding tert-OH is 1. The topological polar surface area (TPSA) is 72.8 Å². The summed E-state index contributed by atoms with van der Waals surface area (Å²) < 4.78 is 10.7. The number of ether oxygens (including phenoxy) is 2. The first-order chi connectivity index (χ1) is 36.6. The van der Waals surface area contributed by atoms with Crippen molar-refractivity contribution in [3.63, 3.8) is 0 Å². The van der Waals surface area contributed by atoms with Gasteiger partial charge in [0.2, 0.25) is 0 Å². The predicted octanol–water partition coefficient (Wildman–Crippen LogP) is 21.4. The van der Waals surface area contributed by atoms with Crippen molar-refractivity contribution in [1.82, 2.24) is 0 Å². The lowest BCUT2D eigenvalue weighted by Gasteiger charge is -2.15. The highest BCUT2D eigenvalue weighted by atomic mass is 16.6. The van der Waals surface area contributed by atoms with E-state index in [1.165, 1.54) is 148 Å². The van der Waals surface area contributed by atoms with E-state index in [-0.39, 0.29) is 25.2 Å². The van der Waals surface area contributed by atoms with Crippen molar-refractivity contribution in [2.45, 2.75) is 290 Å². The molecule has 0 aromatic rings. The minimum absolute atomic E-state index is 0.0751. The smallest absolute Gasteiger partial charge is 0.306 e. The van der Waals surface area contributed by atoms with E-state index >= 15 is 0 Å². The highest BCUT2D eigenvalue weighted by molar-refractivity contribution is 5.70. The van der Waals surface area contributed by atoms with Crippen LogP contribution >= 0.6 is 0 Å². The molecule has 0 aliphatic rings. The van der Waals surface area contributed by atoms with Crippen molar-refractivity contribution in [2.24, 2.45) is 0 Å². The van der Waals surface area contributed by atoms with Crippen LogP contribution in [0.1, 0.15) is 284 Å². The second-order valence-corrected chi connectivity index (χ2v) is 20.4. The number of esters is 2. The molecule has 0 heterocycles. The molecule has 0 aromatic carbocycles. The molecule has 0 fully saturated rings. The van der Waals surface area contributed by atoms with Crippen molar-refractivity contribution < 1.29 is 24.2 Å². The van der Waals surface area contributed by atoms with Crippen LogP contribution in [0.3, 0.4) is 0 Å². The molecule has 5 nitrogen and oxygen atoms in total. The zero-order chi connectivity index (χ0) is 53.4. The molecule has 0 amide bonds. The molecule has 0 saturated heterocycles. The molecule has 1 unspecified atom stereocenters. The number of hydrogen-bond donors (Lipinski definition) is 1. The molecule has 0 bridgehead atoms. The normalized spacial score (nSPS) is 13.1. The lowest BCUT2D eigenvalue weighted by atomic mass is 10.0. The van der Waals surface area contributed by atoms with Crippen molar-refractivity contribution in [2.75, 3.05) is 13.2 Å². The molecule has 0 aliphatic heterocycles. The number of aliphatic hydroxyl groups is 1. The van der Waals surface area contributed by atoms with Gasteiger partial charge in [-0.1, -0.05) is 302 Å². The number of carbonyl (C=O) groups is 2. The van der Waals surface area contributed by atoms with E-state index in [0.717, 1.165) is 109 Å². The zero-order valence-corrected chi connectivity index (χ0v) is 48.3. The highest BCUT2D eigenvalue weighted by Gasteiger charge is 2.16. The van der Waals surface area contributed by atoms with E-state index in [4.69, 9.17) is 9.47 Å². The van der Waals surface area contributed by atoms with E-state index in [1.807, 2.05) is 0 Å². The van der Waals surface area contributed by atoms with E-state index in [9.17, 15) is 14.7 Å². The van der Waals surface area contributed by atoms with Crippen LogP contribution in [-0.2, 0) is 19.1 Å². The quantitative estimate of drug-likeness (QED) is 0.0373. The summed E-state index contributed by atoms with van der Waals surface area (Å²) in [4.78, 5) is 24.6. The fourth-order valence-electron chi connectivity index (χ4n) is 8.64. The van der Waals surface area contributed by atoms with Gasteiger partial charge >= 0.3 is 11.9 Å². The third-order valence-corrected chi connectivity index (χ3v) is 13.3. The predicted molar refractivity (Wildman–Crippen MR) is 325 cm³/mol. The molecular weight excluding hydrogens is 909 g/mol. The van der Waals surface area contributed by atoms with Gasteiger partial charge in [-0.15, -0.1) is 0 Å². The van der Waals surface area contributed by atoms with E-state index in [2.05, 4.69) is 135 Å². The van der Waals surface area contributed by atoms with Crippen LogP contribution in [0.15, 0.2) is 122 Å².